The van der Waals surface area contributed by atoms with E-state index in [0.29, 0.717) is 6.42 Å². The molecule has 1 aromatic carbocycles. The zero-order valence-electron chi connectivity index (χ0n) is 10.4. The molecule has 0 aliphatic carbocycles. The van der Waals surface area contributed by atoms with Gasteiger partial charge in [0.05, 0.1) is 6.54 Å². The van der Waals surface area contributed by atoms with Crippen LogP contribution in [0.5, 0.6) is 0 Å². The van der Waals surface area contributed by atoms with Crippen molar-refractivity contribution in [2.75, 3.05) is 18.5 Å². The first-order valence-corrected chi connectivity index (χ1v) is 5.83. The summed E-state index contributed by atoms with van der Waals surface area (Å²) in [4.78, 5) is 11.6. The maximum Gasteiger partial charge on any atom is 0.238 e. The molecule has 1 amide bonds. The summed E-state index contributed by atoms with van der Waals surface area (Å²) in [6.45, 7) is 4.29. The van der Waals surface area contributed by atoms with Crippen LogP contribution in [0.25, 0.3) is 0 Å². The number of anilines is 1. The van der Waals surface area contributed by atoms with E-state index in [1.165, 1.54) is 0 Å². The highest BCUT2D eigenvalue weighted by atomic mass is 16.3. The number of carbonyl (C=O) groups is 1. The molecule has 4 nitrogen and oxygen atoms in total. The summed E-state index contributed by atoms with van der Waals surface area (Å²) in [6, 6.07) is 7.81. The summed E-state index contributed by atoms with van der Waals surface area (Å²) in [5.41, 5.74) is 1.89. The largest absolute Gasteiger partial charge is 0.396 e. The Morgan fingerprint density at radius 3 is 2.76 bits per heavy atom. The average molecular weight is 236 g/mol. The van der Waals surface area contributed by atoms with Crippen LogP contribution in [0.1, 0.15) is 18.9 Å². The Balaban J connectivity index is 2.37. The van der Waals surface area contributed by atoms with E-state index in [1.807, 2.05) is 38.1 Å². The summed E-state index contributed by atoms with van der Waals surface area (Å²) in [5, 5.41) is 14.6. The van der Waals surface area contributed by atoms with E-state index in [1.54, 1.807) is 0 Å². The molecule has 0 aliphatic rings. The molecule has 4 heteroatoms. The first kappa shape index (κ1) is 13.7. The van der Waals surface area contributed by atoms with Gasteiger partial charge in [-0.1, -0.05) is 18.2 Å². The second-order valence-electron chi connectivity index (χ2n) is 4.16. The van der Waals surface area contributed by atoms with Crippen molar-refractivity contribution in [2.24, 2.45) is 0 Å². The van der Waals surface area contributed by atoms with Gasteiger partial charge in [0.25, 0.3) is 0 Å². The van der Waals surface area contributed by atoms with Crippen LogP contribution < -0.4 is 10.6 Å². The summed E-state index contributed by atoms with van der Waals surface area (Å²) >= 11 is 0. The third-order valence-electron chi connectivity index (χ3n) is 2.59. The van der Waals surface area contributed by atoms with E-state index in [9.17, 15) is 4.79 Å². The topological polar surface area (TPSA) is 61.4 Å². The van der Waals surface area contributed by atoms with Gasteiger partial charge >= 0.3 is 0 Å². The van der Waals surface area contributed by atoms with Gasteiger partial charge in [0, 0.05) is 18.3 Å². The molecule has 1 atom stereocenters. The first-order valence-electron chi connectivity index (χ1n) is 5.83. The number of rotatable bonds is 6. The van der Waals surface area contributed by atoms with Gasteiger partial charge in [-0.3, -0.25) is 4.79 Å². The molecule has 0 radical (unpaired) electrons. The SMILES string of the molecule is Cc1ccccc1NC(=O)CNC(C)CCO. The number of carbonyl (C=O) groups excluding carboxylic acids is 1. The number of hydrogen-bond donors (Lipinski definition) is 3. The molecule has 0 saturated carbocycles. The number of aliphatic hydroxyl groups is 1. The Kier molecular flexibility index (Phi) is 5.66. The molecule has 94 valence electrons. The Morgan fingerprint density at radius 1 is 1.41 bits per heavy atom. The number of aliphatic hydroxyl groups excluding tert-OH is 1. The Hall–Kier alpha value is -1.39. The van der Waals surface area contributed by atoms with Gasteiger partial charge in [-0.05, 0) is 31.9 Å². The molecule has 0 aliphatic heterocycles. The lowest BCUT2D eigenvalue weighted by molar-refractivity contribution is -0.115. The quantitative estimate of drug-likeness (QED) is 0.697. The van der Waals surface area contributed by atoms with Gasteiger partial charge in [0.2, 0.25) is 5.91 Å². The van der Waals surface area contributed by atoms with E-state index < -0.39 is 0 Å². The molecular weight excluding hydrogens is 216 g/mol. The highest BCUT2D eigenvalue weighted by molar-refractivity contribution is 5.92. The zero-order chi connectivity index (χ0) is 12.7. The summed E-state index contributed by atoms with van der Waals surface area (Å²) < 4.78 is 0. The summed E-state index contributed by atoms with van der Waals surface area (Å²) in [5.74, 6) is -0.0657. The van der Waals surface area contributed by atoms with Gasteiger partial charge < -0.3 is 15.7 Å². The van der Waals surface area contributed by atoms with Crippen molar-refractivity contribution >= 4 is 11.6 Å². The fourth-order valence-electron chi connectivity index (χ4n) is 1.47. The van der Waals surface area contributed by atoms with E-state index in [4.69, 9.17) is 5.11 Å². The highest BCUT2D eigenvalue weighted by Crippen LogP contribution is 2.12. The predicted octanol–water partition coefficient (Wildman–Crippen LogP) is 1.29. The number of benzene rings is 1. The molecule has 1 rings (SSSR count). The van der Waals surface area contributed by atoms with Crippen LogP contribution in [0.4, 0.5) is 5.69 Å². The first-order chi connectivity index (χ1) is 8.13. The normalized spacial score (nSPS) is 12.2. The molecule has 0 spiro atoms. The molecule has 3 N–H and O–H groups in total. The minimum Gasteiger partial charge on any atom is -0.396 e. The third kappa shape index (κ3) is 4.97. The van der Waals surface area contributed by atoms with Crippen LogP contribution in [-0.2, 0) is 4.79 Å². The molecular formula is C13H20N2O2. The van der Waals surface area contributed by atoms with Crippen LogP contribution in [0.15, 0.2) is 24.3 Å². The standard InChI is InChI=1S/C13H20N2O2/c1-10-5-3-4-6-12(10)15-13(17)9-14-11(2)7-8-16/h3-6,11,14,16H,7-9H2,1-2H3,(H,15,17). The monoisotopic (exact) mass is 236 g/mol. The maximum absolute atomic E-state index is 11.6. The molecule has 0 fully saturated rings. The number of aryl methyl sites for hydroxylation is 1. The lowest BCUT2D eigenvalue weighted by atomic mass is 10.2. The van der Waals surface area contributed by atoms with Crippen molar-refractivity contribution in [2.45, 2.75) is 26.3 Å². The zero-order valence-corrected chi connectivity index (χ0v) is 10.4. The van der Waals surface area contributed by atoms with E-state index in [2.05, 4.69) is 10.6 Å². The van der Waals surface area contributed by atoms with Crippen LogP contribution in [0.2, 0.25) is 0 Å². The van der Waals surface area contributed by atoms with E-state index in [-0.39, 0.29) is 25.1 Å². The maximum atomic E-state index is 11.6. The van der Waals surface area contributed by atoms with Crippen LogP contribution in [0.3, 0.4) is 0 Å². The van der Waals surface area contributed by atoms with Crippen molar-refractivity contribution < 1.29 is 9.90 Å². The lowest BCUT2D eigenvalue weighted by Gasteiger charge is -2.13. The van der Waals surface area contributed by atoms with Crippen molar-refractivity contribution in [3.63, 3.8) is 0 Å². The van der Waals surface area contributed by atoms with Crippen LogP contribution >= 0.6 is 0 Å². The minimum atomic E-state index is -0.0657. The summed E-state index contributed by atoms with van der Waals surface area (Å²) in [7, 11) is 0. The Labute approximate surface area is 102 Å². The number of amides is 1. The van der Waals surface area contributed by atoms with E-state index >= 15 is 0 Å². The smallest absolute Gasteiger partial charge is 0.238 e. The van der Waals surface area contributed by atoms with Crippen molar-refractivity contribution in [1.82, 2.24) is 5.32 Å². The average Bonchev–Trinajstić information content (AvgIpc) is 2.30. The number of para-hydroxylation sites is 1. The van der Waals surface area contributed by atoms with Crippen molar-refractivity contribution in [3.8, 4) is 0 Å². The second-order valence-corrected chi connectivity index (χ2v) is 4.16. The van der Waals surface area contributed by atoms with E-state index in [0.717, 1.165) is 11.3 Å². The van der Waals surface area contributed by atoms with Crippen LogP contribution in [-0.4, -0.2) is 30.2 Å². The minimum absolute atomic E-state index is 0.0657. The molecule has 0 heterocycles. The van der Waals surface area contributed by atoms with Gasteiger partial charge in [-0.15, -0.1) is 0 Å². The molecule has 0 saturated heterocycles. The second kappa shape index (κ2) is 7.04. The fourth-order valence-corrected chi connectivity index (χ4v) is 1.47. The molecule has 1 unspecified atom stereocenters. The third-order valence-corrected chi connectivity index (χ3v) is 2.59. The molecule has 1 aromatic rings. The highest BCUT2D eigenvalue weighted by Gasteiger charge is 2.06. The predicted molar refractivity (Wildman–Crippen MR) is 69.0 cm³/mol. The molecule has 17 heavy (non-hydrogen) atoms. The summed E-state index contributed by atoms with van der Waals surface area (Å²) in [6.07, 6.45) is 0.650. The Morgan fingerprint density at radius 2 is 2.12 bits per heavy atom. The Bertz CT molecular complexity index is 366. The van der Waals surface area contributed by atoms with Gasteiger partial charge in [0.1, 0.15) is 0 Å². The number of nitrogens with one attached hydrogen (secondary N) is 2. The van der Waals surface area contributed by atoms with Gasteiger partial charge in [-0.2, -0.15) is 0 Å². The van der Waals surface area contributed by atoms with Gasteiger partial charge in [0.15, 0.2) is 0 Å². The number of hydrogen-bond acceptors (Lipinski definition) is 3. The fraction of sp³-hybridized carbons (Fsp3) is 0.462. The molecule has 0 bridgehead atoms. The van der Waals surface area contributed by atoms with Crippen molar-refractivity contribution in [1.29, 1.82) is 0 Å². The van der Waals surface area contributed by atoms with Crippen LogP contribution in [0, 0.1) is 6.92 Å². The van der Waals surface area contributed by atoms with Crippen molar-refractivity contribution in [3.05, 3.63) is 29.8 Å². The van der Waals surface area contributed by atoms with Gasteiger partial charge in [-0.25, -0.2) is 0 Å². The molecule has 0 aromatic heterocycles. The lowest BCUT2D eigenvalue weighted by Crippen LogP contribution is -2.35.